The van der Waals surface area contributed by atoms with Gasteiger partial charge in [0.1, 0.15) is 17.8 Å². The van der Waals surface area contributed by atoms with Gasteiger partial charge in [0.15, 0.2) is 0 Å². The van der Waals surface area contributed by atoms with Gasteiger partial charge in [0.25, 0.3) is 0 Å². The Bertz CT molecular complexity index is 707. The van der Waals surface area contributed by atoms with E-state index in [0.29, 0.717) is 32.8 Å². The van der Waals surface area contributed by atoms with Gasteiger partial charge >= 0.3 is 0 Å². The van der Waals surface area contributed by atoms with Crippen LogP contribution in [-0.2, 0) is 6.54 Å². The van der Waals surface area contributed by atoms with Crippen LogP contribution in [0.5, 0.6) is 0 Å². The summed E-state index contributed by atoms with van der Waals surface area (Å²) in [6.07, 6.45) is 1.48. The topological polar surface area (TPSA) is 69.9 Å². The summed E-state index contributed by atoms with van der Waals surface area (Å²) in [5, 5.41) is 3.80. The average Bonchev–Trinajstić information content (AvgIpc) is 2.92. The quantitative estimate of drug-likeness (QED) is 0.715. The van der Waals surface area contributed by atoms with Crippen LogP contribution >= 0.6 is 22.6 Å². The van der Waals surface area contributed by atoms with Crippen molar-refractivity contribution in [2.45, 2.75) is 6.54 Å². The summed E-state index contributed by atoms with van der Waals surface area (Å²) in [7, 11) is 0. The van der Waals surface area contributed by atoms with Gasteiger partial charge in [0, 0.05) is 12.1 Å². The summed E-state index contributed by atoms with van der Waals surface area (Å²) in [6.45, 7) is 0.402. The van der Waals surface area contributed by atoms with E-state index in [4.69, 9.17) is 10.3 Å². The number of hydrogen-bond donors (Lipinski definition) is 1. The van der Waals surface area contributed by atoms with Crippen molar-refractivity contribution in [1.82, 2.24) is 14.7 Å². The molecular weight excluding hydrogens is 350 g/mol. The number of fused-ring (bicyclic) bond motifs is 1. The Morgan fingerprint density at radius 1 is 1.44 bits per heavy atom. The molecule has 0 aliphatic heterocycles. The lowest BCUT2D eigenvalue weighted by Crippen LogP contribution is -2.04. The van der Waals surface area contributed by atoms with Crippen LogP contribution in [0.15, 0.2) is 29.0 Å². The second-order valence-electron chi connectivity index (χ2n) is 3.80. The van der Waals surface area contributed by atoms with E-state index in [0.717, 1.165) is 0 Å². The Morgan fingerprint density at radius 3 is 3.00 bits per heavy atom. The molecule has 0 bridgehead atoms. The van der Waals surface area contributed by atoms with Crippen molar-refractivity contribution in [2.75, 3.05) is 5.73 Å². The van der Waals surface area contributed by atoms with Crippen LogP contribution in [0.4, 0.5) is 10.3 Å². The van der Waals surface area contributed by atoms with E-state index in [9.17, 15) is 4.39 Å². The molecule has 2 aromatic heterocycles. The number of nitrogens with two attached hydrogens (primary N) is 1. The molecule has 0 atom stereocenters. The van der Waals surface area contributed by atoms with Crippen LogP contribution in [0.2, 0.25) is 0 Å². The first-order valence-electron chi connectivity index (χ1n) is 5.15. The molecule has 7 heteroatoms. The molecule has 0 spiro atoms. The number of benzene rings is 1. The summed E-state index contributed by atoms with van der Waals surface area (Å²) < 4.78 is 20.6. The maximum atomic E-state index is 13.6. The highest BCUT2D eigenvalue weighted by molar-refractivity contribution is 14.1. The smallest absolute Gasteiger partial charge is 0.201 e. The highest BCUT2D eigenvalue weighted by atomic mass is 127. The van der Waals surface area contributed by atoms with Gasteiger partial charge in [-0.1, -0.05) is 5.16 Å². The minimum atomic E-state index is -0.288. The third kappa shape index (κ3) is 1.84. The van der Waals surface area contributed by atoms with Gasteiger partial charge in [-0.2, -0.15) is 0 Å². The molecule has 2 heterocycles. The second-order valence-corrected chi connectivity index (χ2v) is 4.96. The fourth-order valence-corrected chi connectivity index (χ4v) is 2.24. The molecule has 0 unspecified atom stereocenters. The maximum absolute atomic E-state index is 13.6. The number of halogens is 2. The summed E-state index contributed by atoms with van der Waals surface area (Å²) in [5.74, 6) is 0.0406. The van der Waals surface area contributed by atoms with E-state index < -0.39 is 0 Å². The molecule has 0 aliphatic carbocycles. The van der Waals surface area contributed by atoms with E-state index in [1.54, 1.807) is 16.7 Å². The Balaban J connectivity index is 2.16. The molecule has 1 aromatic carbocycles. The molecule has 0 saturated carbocycles. The first-order chi connectivity index (χ1) is 8.65. The van der Waals surface area contributed by atoms with Crippen molar-refractivity contribution < 1.29 is 8.91 Å². The summed E-state index contributed by atoms with van der Waals surface area (Å²) in [5.41, 5.74) is 7.86. The predicted molar refractivity (Wildman–Crippen MR) is 72.4 cm³/mol. The van der Waals surface area contributed by atoms with Crippen LogP contribution in [0, 0.1) is 9.39 Å². The van der Waals surface area contributed by atoms with Crippen LogP contribution in [0.3, 0.4) is 0 Å². The second kappa shape index (κ2) is 4.23. The molecule has 0 aliphatic rings. The monoisotopic (exact) mass is 358 g/mol. The molecule has 2 N–H and O–H groups in total. The number of nitrogens with zero attached hydrogens (tertiary/aromatic N) is 3. The highest BCUT2D eigenvalue weighted by Gasteiger charge is 2.12. The fraction of sp³-hybridized carbons (Fsp3) is 0.0909. The van der Waals surface area contributed by atoms with Gasteiger partial charge in [-0.3, -0.25) is 0 Å². The van der Waals surface area contributed by atoms with Crippen LogP contribution < -0.4 is 5.73 Å². The molecule has 3 aromatic rings. The normalized spacial score (nSPS) is 11.2. The number of anilines is 1. The van der Waals surface area contributed by atoms with Crippen molar-refractivity contribution in [3.63, 3.8) is 0 Å². The fourth-order valence-electron chi connectivity index (χ4n) is 1.79. The van der Waals surface area contributed by atoms with Gasteiger partial charge in [-0.05, 0) is 28.7 Å². The Morgan fingerprint density at radius 2 is 2.28 bits per heavy atom. The molecule has 5 nitrogen and oxygen atoms in total. The predicted octanol–water partition coefficient (Wildman–Crippen LogP) is 2.40. The summed E-state index contributed by atoms with van der Waals surface area (Å²) in [6, 6.07) is 4.83. The Hall–Kier alpha value is -1.64. The van der Waals surface area contributed by atoms with Crippen molar-refractivity contribution in [3.05, 3.63) is 39.5 Å². The van der Waals surface area contributed by atoms with Crippen LogP contribution in [-0.4, -0.2) is 14.7 Å². The number of rotatable bonds is 2. The number of nitrogen functional groups attached to an aromatic ring is 1. The molecule has 0 amide bonds. The number of hydrogen-bond acceptors (Lipinski definition) is 4. The van der Waals surface area contributed by atoms with E-state index >= 15 is 0 Å². The SMILES string of the molecule is Nc1nc2cc(I)c(F)cc2n1Cc1ccon1. The Labute approximate surface area is 115 Å². The molecule has 92 valence electrons. The van der Waals surface area contributed by atoms with Gasteiger partial charge in [0.2, 0.25) is 5.95 Å². The summed E-state index contributed by atoms with van der Waals surface area (Å²) in [4.78, 5) is 4.21. The Kier molecular flexibility index (Phi) is 2.69. The molecular formula is C11H8FIN4O. The third-order valence-corrected chi connectivity index (χ3v) is 3.46. The first kappa shape index (κ1) is 11.5. The molecule has 0 fully saturated rings. The first-order valence-corrected chi connectivity index (χ1v) is 6.23. The average molecular weight is 358 g/mol. The summed E-state index contributed by atoms with van der Waals surface area (Å²) >= 11 is 1.92. The van der Waals surface area contributed by atoms with Crippen molar-refractivity contribution >= 4 is 39.6 Å². The standard InChI is InChI=1S/C11H8FIN4O/c12-7-3-10-9(4-8(7)13)15-11(14)17(10)5-6-1-2-18-16-6/h1-4H,5H2,(H2,14,15). The van der Waals surface area contributed by atoms with E-state index in [-0.39, 0.29) is 5.82 Å². The van der Waals surface area contributed by atoms with Gasteiger partial charge in [-0.25, -0.2) is 9.37 Å². The molecule has 0 radical (unpaired) electrons. The molecule has 18 heavy (non-hydrogen) atoms. The third-order valence-electron chi connectivity index (χ3n) is 2.63. The number of aromatic nitrogens is 3. The van der Waals surface area contributed by atoms with Crippen molar-refractivity contribution in [1.29, 1.82) is 0 Å². The lowest BCUT2D eigenvalue weighted by Gasteiger charge is -2.03. The molecule has 3 rings (SSSR count). The van der Waals surface area contributed by atoms with Gasteiger partial charge in [-0.15, -0.1) is 0 Å². The van der Waals surface area contributed by atoms with E-state index in [1.807, 2.05) is 22.6 Å². The van der Waals surface area contributed by atoms with Gasteiger partial charge < -0.3 is 14.8 Å². The van der Waals surface area contributed by atoms with Crippen molar-refractivity contribution in [2.24, 2.45) is 0 Å². The zero-order valence-corrected chi connectivity index (χ0v) is 11.3. The number of imidazole rings is 1. The lowest BCUT2D eigenvalue weighted by molar-refractivity contribution is 0.410. The van der Waals surface area contributed by atoms with Gasteiger partial charge in [0.05, 0.1) is 21.1 Å². The lowest BCUT2D eigenvalue weighted by atomic mass is 10.3. The van der Waals surface area contributed by atoms with Crippen LogP contribution in [0.25, 0.3) is 11.0 Å². The minimum Gasteiger partial charge on any atom is -0.369 e. The maximum Gasteiger partial charge on any atom is 0.201 e. The van der Waals surface area contributed by atoms with Crippen LogP contribution in [0.1, 0.15) is 5.69 Å². The highest BCUT2D eigenvalue weighted by Crippen LogP contribution is 2.23. The minimum absolute atomic E-state index is 0.288. The van der Waals surface area contributed by atoms with Crippen molar-refractivity contribution in [3.8, 4) is 0 Å². The zero-order chi connectivity index (χ0) is 12.7. The van der Waals surface area contributed by atoms with E-state index in [2.05, 4.69) is 10.1 Å². The largest absolute Gasteiger partial charge is 0.369 e. The van der Waals surface area contributed by atoms with E-state index in [1.165, 1.54) is 12.3 Å². The molecule has 0 saturated heterocycles. The zero-order valence-electron chi connectivity index (χ0n) is 9.10.